The number of para-hydroxylation sites is 2. The molecule has 14 nitrogen and oxygen atoms in total. The van der Waals surface area contributed by atoms with Crippen molar-refractivity contribution in [2.75, 3.05) is 49.4 Å². The van der Waals surface area contributed by atoms with Crippen molar-refractivity contribution in [1.82, 2.24) is 29.7 Å². The van der Waals surface area contributed by atoms with Gasteiger partial charge in [-0.3, -0.25) is 9.59 Å². The average Bonchev–Trinajstić information content (AvgIpc) is 3.73. The Morgan fingerprint density at radius 3 is 1.56 bits per heavy atom. The number of carbonyl (C=O) groups excluding carboxylic acids is 2. The highest BCUT2D eigenvalue weighted by atomic mass is 32.2. The predicted octanol–water partition coefficient (Wildman–Crippen LogP) is 6.16. The van der Waals surface area contributed by atoms with Gasteiger partial charge in [0.15, 0.2) is 0 Å². The van der Waals surface area contributed by atoms with E-state index < -0.39 is 0 Å². The highest BCUT2D eigenvalue weighted by Crippen LogP contribution is 2.28. The standard InChI is InChI=1S/C34H40N8O6S4/c1-3-45-29(43)23-51-33-39-37-31-41(33)35-21-25-13-5-7-15-27(25)47-17-9-10-18-48-28-16-8-6-14-26(28)22-36-42-32(50-20-12-11-19-49-31)38-40-34(42)52-24-30(44)46-4-2/h5-8,13-16,21-22H,3-4,9-12,17-20,23-24H2,1-2H3/b35-21-,36-22-. The number of rotatable bonds is 8. The lowest BCUT2D eigenvalue weighted by Gasteiger charge is -2.11. The minimum Gasteiger partial charge on any atom is -0.493 e. The van der Waals surface area contributed by atoms with Gasteiger partial charge in [0.1, 0.15) is 11.5 Å². The molecule has 4 aromatic rings. The van der Waals surface area contributed by atoms with E-state index >= 15 is 0 Å². The summed E-state index contributed by atoms with van der Waals surface area (Å²) < 4.78 is 25.8. The third-order valence-corrected chi connectivity index (χ3v) is 10.7. The summed E-state index contributed by atoms with van der Waals surface area (Å²) in [7, 11) is 0. The zero-order chi connectivity index (χ0) is 36.4. The quantitative estimate of drug-likeness (QED) is 0.148. The van der Waals surface area contributed by atoms with Gasteiger partial charge in [-0.05, 0) is 63.8 Å². The van der Waals surface area contributed by atoms with Crippen LogP contribution in [-0.4, -0.2) is 104 Å². The molecule has 0 saturated heterocycles. The molecule has 0 unspecified atom stereocenters. The lowest BCUT2D eigenvalue weighted by Crippen LogP contribution is -2.08. The van der Waals surface area contributed by atoms with Crippen molar-refractivity contribution in [3.63, 3.8) is 0 Å². The molecule has 3 heterocycles. The van der Waals surface area contributed by atoms with Crippen molar-refractivity contribution >= 4 is 71.4 Å². The molecule has 0 radical (unpaired) electrons. The molecule has 2 aromatic heterocycles. The molecule has 0 amide bonds. The molecule has 0 N–H and O–H groups in total. The second kappa shape index (κ2) is 21.5. The van der Waals surface area contributed by atoms with Gasteiger partial charge in [0.05, 0.1) is 50.4 Å². The second-order valence-corrected chi connectivity index (χ2v) is 14.7. The van der Waals surface area contributed by atoms with Crippen LogP contribution in [0.2, 0.25) is 0 Å². The molecule has 52 heavy (non-hydrogen) atoms. The zero-order valence-corrected chi connectivity index (χ0v) is 32.2. The Balaban J connectivity index is 1.35. The summed E-state index contributed by atoms with van der Waals surface area (Å²) in [6.45, 7) is 5.15. The maximum absolute atomic E-state index is 12.1. The molecule has 1 aliphatic heterocycles. The van der Waals surface area contributed by atoms with Crippen LogP contribution in [0.4, 0.5) is 0 Å². The second-order valence-electron chi connectivity index (χ2n) is 10.7. The normalized spacial score (nSPS) is 15.6. The Labute approximate surface area is 319 Å². The Hall–Kier alpha value is -4.00. The highest BCUT2D eigenvalue weighted by Gasteiger charge is 2.17. The van der Waals surface area contributed by atoms with Gasteiger partial charge in [0.2, 0.25) is 20.6 Å². The van der Waals surface area contributed by atoms with Crippen molar-refractivity contribution in [1.29, 1.82) is 0 Å². The lowest BCUT2D eigenvalue weighted by atomic mass is 10.2. The summed E-state index contributed by atoms with van der Waals surface area (Å²) in [5, 5.41) is 29.1. The molecule has 0 fully saturated rings. The Kier molecular flexibility index (Phi) is 16.2. The number of thioether (sulfide) groups is 4. The SMILES string of the molecule is CCOC(=O)CSc1nnc2n1/N=C\c1ccccc1OCCCCOc1ccccc1/C=N\n1c(nnc1SCC(=O)OCC)SCCCCS2. The number of aromatic nitrogens is 6. The molecule has 1 aliphatic rings. The Bertz CT molecular complexity index is 1690. The first kappa shape index (κ1) is 39.2. The first-order chi connectivity index (χ1) is 25.6. The fraction of sp³-hybridized carbons (Fsp3) is 0.412. The van der Waals surface area contributed by atoms with Gasteiger partial charge in [0.25, 0.3) is 0 Å². The van der Waals surface area contributed by atoms with Crippen LogP contribution < -0.4 is 9.47 Å². The molecule has 0 spiro atoms. The Morgan fingerprint density at radius 1 is 0.673 bits per heavy atom. The van der Waals surface area contributed by atoms with Crippen molar-refractivity contribution in [2.24, 2.45) is 10.2 Å². The van der Waals surface area contributed by atoms with Crippen LogP contribution in [0.3, 0.4) is 0 Å². The average molecular weight is 785 g/mol. The maximum atomic E-state index is 12.1. The summed E-state index contributed by atoms with van der Waals surface area (Å²) in [6.07, 6.45) is 6.74. The molecule has 2 aromatic carbocycles. The number of ether oxygens (including phenoxy) is 4. The van der Waals surface area contributed by atoms with Crippen molar-refractivity contribution < 1.29 is 28.5 Å². The van der Waals surface area contributed by atoms with E-state index in [0.29, 0.717) is 58.6 Å². The van der Waals surface area contributed by atoms with Gasteiger partial charge in [-0.15, -0.1) is 20.4 Å². The minimum atomic E-state index is -0.330. The summed E-state index contributed by atoms with van der Waals surface area (Å²) in [4.78, 5) is 24.2. The monoisotopic (exact) mass is 784 g/mol. The van der Waals surface area contributed by atoms with Gasteiger partial charge in [0, 0.05) is 22.6 Å². The summed E-state index contributed by atoms with van der Waals surface area (Å²) in [6, 6.07) is 15.4. The van der Waals surface area contributed by atoms with Crippen molar-refractivity contribution in [3.8, 4) is 11.5 Å². The molecule has 276 valence electrons. The predicted molar refractivity (Wildman–Crippen MR) is 205 cm³/mol. The third kappa shape index (κ3) is 12.0. The van der Waals surface area contributed by atoms with E-state index in [4.69, 9.17) is 29.2 Å². The summed E-state index contributed by atoms with van der Waals surface area (Å²) >= 11 is 5.53. The molecular formula is C34H40N8O6S4. The van der Waals surface area contributed by atoms with Crippen LogP contribution >= 0.6 is 47.0 Å². The number of fused-ring (bicyclic) bond motifs is 4. The smallest absolute Gasteiger partial charge is 0.316 e. The molecule has 0 saturated carbocycles. The fourth-order valence-electron chi connectivity index (χ4n) is 4.49. The van der Waals surface area contributed by atoms with Crippen molar-refractivity contribution in [2.45, 2.75) is 60.2 Å². The van der Waals surface area contributed by atoms with E-state index in [1.165, 1.54) is 47.0 Å². The van der Waals surface area contributed by atoms with E-state index in [0.717, 1.165) is 48.3 Å². The number of hydrogen-bond donors (Lipinski definition) is 0. The topological polar surface area (TPSA) is 157 Å². The molecule has 5 rings (SSSR count). The number of carbonyl (C=O) groups is 2. The van der Waals surface area contributed by atoms with E-state index in [1.54, 1.807) is 35.6 Å². The molecular weight excluding hydrogens is 745 g/mol. The van der Waals surface area contributed by atoms with Crippen molar-refractivity contribution in [3.05, 3.63) is 59.7 Å². The van der Waals surface area contributed by atoms with Crippen LogP contribution in [0.1, 0.15) is 50.7 Å². The lowest BCUT2D eigenvalue weighted by molar-refractivity contribution is -0.140. The number of esters is 2. The molecule has 0 atom stereocenters. The fourth-order valence-corrected chi connectivity index (χ4v) is 7.75. The van der Waals surface area contributed by atoms with Gasteiger partial charge in [-0.2, -0.15) is 19.6 Å². The zero-order valence-electron chi connectivity index (χ0n) is 28.9. The number of nitrogens with zero attached hydrogens (tertiary/aromatic N) is 8. The van der Waals surface area contributed by atoms with Gasteiger partial charge in [-0.1, -0.05) is 71.3 Å². The van der Waals surface area contributed by atoms with Crippen LogP contribution in [0.25, 0.3) is 0 Å². The largest absolute Gasteiger partial charge is 0.493 e. The molecule has 0 bridgehead atoms. The minimum absolute atomic E-state index is 0.0933. The summed E-state index contributed by atoms with van der Waals surface area (Å²) in [5.74, 6) is 2.46. The van der Waals surface area contributed by atoms with Crippen LogP contribution in [0.5, 0.6) is 11.5 Å². The van der Waals surface area contributed by atoms with E-state index in [-0.39, 0.29) is 23.4 Å². The van der Waals surface area contributed by atoms with Crippen LogP contribution in [0, 0.1) is 0 Å². The third-order valence-electron chi connectivity index (χ3n) is 6.93. The van der Waals surface area contributed by atoms with Gasteiger partial charge < -0.3 is 18.9 Å². The van der Waals surface area contributed by atoms with E-state index in [1.807, 2.05) is 48.5 Å². The van der Waals surface area contributed by atoms with Gasteiger partial charge >= 0.3 is 11.9 Å². The first-order valence-corrected chi connectivity index (χ1v) is 20.8. The van der Waals surface area contributed by atoms with Crippen LogP contribution in [0.15, 0.2) is 79.4 Å². The first-order valence-electron chi connectivity index (χ1n) is 16.8. The molecule has 18 heteroatoms. The van der Waals surface area contributed by atoms with E-state index in [2.05, 4.69) is 20.4 Å². The maximum Gasteiger partial charge on any atom is 0.316 e. The highest BCUT2D eigenvalue weighted by molar-refractivity contribution is 8.00. The summed E-state index contributed by atoms with van der Waals surface area (Å²) in [5.41, 5.74) is 1.61. The number of benzene rings is 2. The molecule has 0 aliphatic carbocycles. The van der Waals surface area contributed by atoms with E-state index in [9.17, 15) is 9.59 Å². The van der Waals surface area contributed by atoms with Gasteiger partial charge in [-0.25, -0.2) is 0 Å². The number of hydrogen-bond acceptors (Lipinski definition) is 16. The Morgan fingerprint density at radius 2 is 1.12 bits per heavy atom. The van der Waals surface area contributed by atoms with Crippen LogP contribution in [-0.2, 0) is 19.1 Å².